The van der Waals surface area contributed by atoms with E-state index in [2.05, 4.69) is 25.6 Å². The van der Waals surface area contributed by atoms with Gasteiger partial charge in [-0.2, -0.15) is 14.6 Å². The first kappa shape index (κ1) is 29.2. The van der Waals surface area contributed by atoms with Crippen LogP contribution in [-0.4, -0.2) is 83.3 Å². The molecule has 220 valence electrons. The quantitative estimate of drug-likeness (QED) is 0.218. The third-order valence-electron chi connectivity index (χ3n) is 6.56. The van der Waals surface area contributed by atoms with Crippen LogP contribution in [0.5, 0.6) is 0 Å². The number of methoxy groups -OCH3 is 1. The maximum atomic E-state index is 13.9. The van der Waals surface area contributed by atoms with Crippen molar-refractivity contribution in [2.75, 3.05) is 38.4 Å². The number of urea groups is 1. The zero-order chi connectivity index (χ0) is 29.9. The van der Waals surface area contributed by atoms with Crippen molar-refractivity contribution in [3.8, 4) is 16.9 Å². The monoisotopic (exact) mass is 596 g/mol. The molecule has 2 amide bonds. The highest BCUT2D eigenvalue weighted by atomic mass is 32.2. The van der Waals surface area contributed by atoms with Crippen LogP contribution in [0, 0.1) is 12.9 Å². The fourth-order valence-corrected chi connectivity index (χ4v) is 5.04. The Kier molecular flexibility index (Phi) is 8.54. The van der Waals surface area contributed by atoms with Crippen LogP contribution in [0.25, 0.3) is 16.9 Å². The molecule has 0 radical (unpaired) electrons. The van der Waals surface area contributed by atoms with Gasteiger partial charge in [-0.3, -0.25) is 10.2 Å². The molecule has 5 rings (SSSR count). The van der Waals surface area contributed by atoms with E-state index >= 15 is 0 Å². The van der Waals surface area contributed by atoms with Crippen LogP contribution >= 0.6 is 0 Å². The molecule has 2 N–H and O–H groups in total. The molecule has 42 heavy (non-hydrogen) atoms. The summed E-state index contributed by atoms with van der Waals surface area (Å²) < 4.78 is 44.3. The van der Waals surface area contributed by atoms with E-state index in [1.54, 1.807) is 29.8 Å². The predicted octanol–water partition coefficient (Wildman–Crippen LogP) is 2.70. The van der Waals surface area contributed by atoms with Gasteiger partial charge < -0.3 is 10.1 Å². The molecule has 4 aromatic rings. The summed E-state index contributed by atoms with van der Waals surface area (Å²) in [5.74, 6) is -0.277. The minimum Gasteiger partial charge on any atom is -0.383 e. The van der Waals surface area contributed by atoms with Crippen LogP contribution in [0.2, 0.25) is 0 Å². The second-order valence-corrected chi connectivity index (χ2v) is 11.5. The number of carbonyl (C=O) groups excluding carboxylic acids is 1. The molecule has 1 aliphatic rings. The molecule has 0 unspecified atom stereocenters. The normalized spacial score (nSPS) is 17.3. The molecule has 0 bridgehead atoms. The van der Waals surface area contributed by atoms with Crippen molar-refractivity contribution in [1.82, 2.24) is 35.1 Å². The summed E-state index contributed by atoms with van der Waals surface area (Å²) in [7, 11) is -2.00. The molecule has 15 heteroatoms. The van der Waals surface area contributed by atoms with Gasteiger partial charge in [-0.25, -0.2) is 32.8 Å². The lowest BCUT2D eigenvalue weighted by atomic mass is 10.0. The number of hydroxylamine groups is 2. The van der Waals surface area contributed by atoms with Gasteiger partial charge in [0.05, 0.1) is 18.3 Å². The first-order valence-corrected chi connectivity index (χ1v) is 14.8. The SMILES string of the molecule is COCCN1C[C@@H](NC(=O)Nc2c(C)c(-c3cnc(S(C)(=O)=O)nc3)nn2-c2ccccc2)[C@H](c2ccnc(F)c2)O1. The number of ether oxygens (including phenoxy) is 1. The van der Waals surface area contributed by atoms with E-state index in [-0.39, 0.29) is 5.16 Å². The maximum absolute atomic E-state index is 13.9. The van der Waals surface area contributed by atoms with Gasteiger partial charge in [0.15, 0.2) is 0 Å². The first-order valence-electron chi connectivity index (χ1n) is 12.9. The van der Waals surface area contributed by atoms with Crippen LogP contribution in [0.4, 0.5) is 15.0 Å². The smallest absolute Gasteiger partial charge is 0.320 e. The average molecular weight is 597 g/mol. The fourth-order valence-electron chi connectivity index (χ4n) is 4.55. The Hall–Kier alpha value is -4.31. The van der Waals surface area contributed by atoms with Gasteiger partial charge in [-0.1, -0.05) is 18.2 Å². The fraction of sp³-hybridized carbons (Fsp3) is 0.296. The summed E-state index contributed by atoms with van der Waals surface area (Å²) in [4.78, 5) is 31.0. The summed E-state index contributed by atoms with van der Waals surface area (Å²) in [5, 5.41) is 11.9. The molecule has 1 aromatic carbocycles. The Morgan fingerprint density at radius 3 is 2.57 bits per heavy atom. The molecular formula is C27H29FN8O5S. The minimum atomic E-state index is -3.58. The molecule has 1 saturated heterocycles. The molecule has 0 spiro atoms. The van der Waals surface area contributed by atoms with Gasteiger partial charge in [-0.15, -0.1) is 0 Å². The van der Waals surface area contributed by atoms with E-state index in [1.165, 1.54) is 24.7 Å². The topological polar surface area (TPSA) is 153 Å². The van der Waals surface area contributed by atoms with Crippen LogP contribution in [0.15, 0.2) is 66.2 Å². The zero-order valence-electron chi connectivity index (χ0n) is 23.1. The van der Waals surface area contributed by atoms with Gasteiger partial charge in [0.25, 0.3) is 0 Å². The number of pyridine rings is 1. The number of carbonyl (C=O) groups is 1. The maximum Gasteiger partial charge on any atom is 0.320 e. The Morgan fingerprint density at radius 1 is 1.17 bits per heavy atom. The highest BCUT2D eigenvalue weighted by Crippen LogP contribution is 2.32. The number of nitrogens with one attached hydrogen (secondary N) is 2. The number of halogens is 1. The van der Waals surface area contributed by atoms with Gasteiger partial charge in [0.1, 0.15) is 17.6 Å². The van der Waals surface area contributed by atoms with Crippen LogP contribution in [-0.2, 0) is 19.4 Å². The minimum absolute atomic E-state index is 0.300. The summed E-state index contributed by atoms with van der Waals surface area (Å²) >= 11 is 0. The molecule has 0 aliphatic carbocycles. The van der Waals surface area contributed by atoms with E-state index in [0.29, 0.717) is 53.6 Å². The van der Waals surface area contributed by atoms with E-state index in [4.69, 9.17) is 14.7 Å². The van der Waals surface area contributed by atoms with E-state index in [1.807, 2.05) is 30.3 Å². The number of benzene rings is 1. The first-order chi connectivity index (χ1) is 20.1. The third kappa shape index (κ3) is 6.44. The van der Waals surface area contributed by atoms with Gasteiger partial charge in [0.2, 0.25) is 20.9 Å². The van der Waals surface area contributed by atoms with Crippen molar-refractivity contribution in [3.05, 3.63) is 78.1 Å². The lowest BCUT2D eigenvalue weighted by Crippen LogP contribution is -2.42. The summed E-state index contributed by atoms with van der Waals surface area (Å²) in [6, 6.07) is 11.0. The van der Waals surface area contributed by atoms with Gasteiger partial charge in [-0.05, 0) is 36.8 Å². The lowest BCUT2D eigenvalue weighted by Gasteiger charge is -2.19. The summed E-state index contributed by atoms with van der Waals surface area (Å²) in [6.45, 7) is 2.96. The highest BCUT2D eigenvalue weighted by Gasteiger charge is 2.37. The van der Waals surface area contributed by atoms with Gasteiger partial charge >= 0.3 is 6.03 Å². The van der Waals surface area contributed by atoms with Gasteiger partial charge in [0, 0.05) is 56.2 Å². The van der Waals surface area contributed by atoms with Crippen molar-refractivity contribution >= 4 is 21.7 Å². The molecule has 1 fully saturated rings. The third-order valence-corrected chi connectivity index (χ3v) is 7.43. The largest absolute Gasteiger partial charge is 0.383 e. The zero-order valence-corrected chi connectivity index (χ0v) is 23.9. The molecule has 0 saturated carbocycles. The number of sulfone groups is 1. The summed E-state index contributed by atoms with van der Waals surface area (Å²) in [6.07, 6.45) is 4.46. The molecule has 4 heterocycles. The van der Waals surface area contributed by atoms with Crippen molar-refractivity contribution in [3.63, 3.8) is 0 Å². The molecule has 3 aromatic heterocycles. The number of rotatable bonds is 9. The molecule has 1 aliphatic heterocycles. The Morgan fingerprint density at radius 2 is 1.90 bits per heavy atom. The van der Waals surface area contributed by atoms with Crippen molar-refractivity contribution in [2.45, 2.75) is 24.2 Å². The van der Waals surface area contributed by atoms with E-state index in [0.717, 1.165) is 6.26 Å². The number of aromatic nitrogens is 5. The predicted molar refractivity (Wildman–Crippen MR) is 150 cm³/mol. The summed E-state index contributed by atoms with van der Waals surface area (Å²) in [5.41, 5.74) is 2.72. The van der Waals surface area contributed by atoms with E-state index < -0.39 is 34.0 Å². The Bertz CT molecular complexity index is 1670. The Labute approximate surface area is 241 Å². The van der Waals surface area contributed by atoms with Crippen molar-refractivity contribution in [1.29, 1.82) is 0 Å². The molecular weight excluding hydrogens is 567 g/mol. The number of anilines is 1. The number of nitrogens with zero attached hydrogens (tertiary/aromatic N) is 6. The van der Waals surface area contributed by atoms with Crippen molar-refractivity contribution in [2.24, 2.45) is 0 Å². The highest BCUT2D eigenvalue weighted by molar-refractivity contribution is 7.90. The Balaban J connectivity index is 1.43. The van der Waals surface area contributed by atoms with E-state index in [9.17, 15) is 17.6 Å². The second-order valence-electron chi connectivity index (χ2n) is 9.62. The standard InChI is InChI=1S/C27H29FN8O5S/c1-17-23(19-14-30-27(31-15-19)42(3,38)39)34-36(20-7-5-4-6-8-20)25(17)33-26(37)32-21-16-35(11-12-40-2)41-24(21)18-9-10-29-22(28)13-18/h4-10,13-15,21,24H,11-12,16H2,1-3H3,(H2,32,33,37)/t21-,24+/m1/s1. The molecule has 13 nitrogen and oxygen atoms in total. The number of hydrogen-bond acceptors (Lipinski definition) is 10. The van der Waals surface area contributed by atoms with Crippen LogP contribution in [0.1, 0.15) is 17.2 Å². The van der Waals surface area contributed by atoms with Crippen molar-refractivity contribution < 1.29 is 27.2 Å². The van der Waals surface area contributed by atoms with Crippen LogP contribution < -0.4 is 10.6 Å². The average Bonchev–Trinajstić information content (AvgIpc) is 3.52. The molecule has 2 atom stereocenters. The number of para-hydroxylation sites is 1. The lowest BCUT2D eigenvalue weighted by molar-refractivity contribution is -0.154. The number of amides is 2. The number of hydrogen-bond donors (Lipinski definition) is 2. The second kappa shape index (κ2) is 12.3. The van der Waals surface area contributed by atoms with Crippen LogP contribution in [0.3, 0.4) is 0 Å².